The molecule has 1 aliphatic rings. The number of nitrogens with two attached hydrogens (primary N) is 1. The molecular formula is C18H24N2S. The highest BCUT2D eigenvalue weighted by Gasteiger charge is 2.29. The van der Waals surface area contributed by atoms with Gasteiger partial charge in [-0.05, 0) is 53.8 Å². The van der Waals surface area contributed by atoms with Crippen LogP contribution in [-0.4, -0.2) is 0 Å². The van der Waals surface area contributed by atoms with Gasteiger partial charge in [-0.3, -0.25) is 11.3 Å². The van der Waals surface area contributed by atoms with Gasteiger partial charge in [0.05, 0.1) is 6.04 Å². The summed E-state index contributed by atoms with van der Waals surface area (Å²) in [5.41, 5.74) is 7.30. The van der Waals surface area contributed by atoms with Crippen LogP contribution in [0.4, 0.5) is 0 Å². The normalized spacial score (nSPS) is 19.2. The third-order valence-electron chi connectivity index (χ3n) is 4.56. The maximum atomic E-state index is 5.91. The molecule has 1 aromatic heterocycles. The summed E-state index contributed by atoms with van der Waals surface area (Å²) in [6, 6.07) is 11.5. The first-order chi connectivity index (χ1) is 10.3. The lowest BCUT2D eigenvalue weighted by Gasteiger charge is -2.30. The molecule has 1 aliphatic carbocycles. The van der Waals surface area contributed by atoms with Crippen LogP contribution >= 0.6 is 11.3 Å². The average Bonchev–Trinajstić information content (AvgIpc) is 2.99. The largest absolute Gasteiger partial charge is 0.271 e. The van der Waals surface area contributed by atoms with Gasteiger partial charge in [-0.25, -0.2) is 0 Å². The molecule has 0 radical (unpaired) electrons. The first-order valence-corrected chi connectivity index (χ1v) is 8.82. The van der Waals surface area contributed by atoms with Crippen LogP contribution in [0.5, 0.6) is 0 Å². The first kappa shape index (κ1) is 14.8. The minimum Gasteiger partial charge on any atom is -0.271 e. The fourth-order valence-corrected chi connectivity index (χ4v) is 4.49. The number of benzene rings is 1. The van der Waals surface area contributed by atoms with Crippen molar-refractivity contribution in [1.82, 2.24) is 5.43 Å². The quantitative estimate of drug-likeness (QED) is 0.637. The van der Waals surface area contributed by atoms with Gasteiger partial charge in [0.2, 0.25) is 0 Å². The van der Waals surface area contributed by atoms with Crippen molar-refractivity contribution in [1.29, 1.82) is 0 Å². The molecule has 0 fully saturated rings. The highest BCUT2D eigenvalue weighted by molar-refractivity contribution is 7.10. The molecule has 21 heavy (non-hydrogen) atoms. The highest BCUT2D eigenvalue weighted by Crippen LogP contribution is 2.42. The predicted octanol–water partition coefficient (Wildman–Crippen LogP) is 4.33. The molecule has 3 heteroatoms. The number of hydrazine groups is 1. The summed E-state index contributed by atoms with van der Waals surface area (Å²) in [7, 11) is 0. The van der Waals surface area contributed by atoms with Gasteiger partial charge in [0.25, 0.3) is 0 Å². The molecule has 0 amide bonds. The van der Waals surface area contributed by atoms with Crippen molar-refractivity contribution < 1.29 is 0 Å². The molecule has 0 spiro atoms. The van der Waals surface area contributed by atoms with E-state index in [1.807, 2.05) is 11.3 Å². The van der Waals surface area contributed by atoms with Gasteiger partial charge in [-0.1, -0.05) is 37.6 Å². The fourth-order valence-electron chi connectivity index (χ4n) is 3.49. The fraction of sp³-hybridized carbons (Fsp3) is 0.444. The average molecular weight is 300 g/mol. The zero-order chi connectivity index (χ0) is 14.7. The van der Waals surface area contributed by atoms with Gasteiger partial charge in [0.15, 0.2) is 0 Å². The molecule has 0 saturated heterocycles. The maximum Gasteiger partial charge on any atom is 0.0528 e. The van der Waals surface area contributed by atoms with Crippen LogP contribution in [0.2, 0.25) is 0 Å². The lowest BCUT2D eigenvalue weighted by atomic mass is 9.80. The Bertz CT molecular complexity index is 573. The predicted molar refractivity (Wildman–Crippen MR) is 90.5 cm³/mol. The Hall–Kier alpha value is -1.16. The van der Waals surface area contributed by atoms with Crippen LogP contribution in [0.3, 0.4) is 0 Å². The van der Waals surface area contributed by atoms with Crippen LogP contribution in [0.1, 0.15) is 59.7 Å². The molecular weight excluding hydrogens is 276 g/mol. The van der Waals surface area contributed by atoms with Crippen LogP contribution < -0.4 is 11.3 Å². The van der Waals surface area contributed by atoms with E-state index in [0.29, 0.717) is 5.92 Å². The van der Waals surface area contributed by atoms with E-state index in [-0.39, 0.29) is 6.04 Å². The number of aryl methyl sites for hydroxylation is 2. The van der Waals surface area contributed by atoms with Crippen LogP contribution in [0.25, 0.3) is 0 Å². The molecule has 112 valence electrons. The van der Waals surface area contributed by atoms with E-state index >= 15 is 0 Å². The summed E-state index contributed by atoms with van der Waals surface area (Å²) in [4.78, 5) is 1.55. The summed E-state index contributed by atoms with van der Waals surface area (Å²) in [5, 5.41) is 2.22. The lowest BCUT2D eigenvalue weighted by Crippen LogP contribution is -2.33. The minimum atomic E-state index is 0.217. The van der Waals surface area contributed by atoms with Crippen molar-refractivity contribution in [3.8, 4) is 0 Å². The van der Waals surface area contributed by atoms with Gasteiger partial charge in [0, 0.05) is 10.8 Å². The number of rotatable bonds is 5. The molecule has 0 bridgehead atoms. The molecule has 0 aliphatic heterocycles. The summed E-state index contributed by atoms with van der Waals surface area (Å²) in [6.45, 7) is 2.22. The van der Waals surface area contributed by atoms with E-state index in [1.165, 1.54) is 42.4 Å². The van der Waals surface area contributed by atoms with E-state index in [2.05, 4.69) is 48.1 Å². The monoisotopic (exact) mass is 300 g/mol. The van der Waals surface area contributed by atoms with Crippen molar-refractivity contribution in [3.05, 3.63) is 57.3 Å². The van der Waals surface area contributed by atoms with E-state index < -0.39 is 0 Å². The number of nitrogens with one attached hydrogen (secondary N) is 1. The molecule has 2 atom stereocenters. The lowest BCUT2D eigenvalue weighted by molar-refractivity contribution is 0.411. The Labute approximate surface area is 131 Å². The molecule has 1 heterocycles. The SMILES string of the molecule is CCCc1ccc(C(NN)C2CCCc3sccc32)cc1. The van der Waals surface area contributed by atoms with Crippen LogP contribution in [0, 0.1) is 0 Å². The number of fused-ring (bicyclic) bond motifs is 1. The van der Waals surface area contributed by atoms with E-state index in [0.717, 1.165) is 6.42 Å². The Morgan fingerprint density at radius 1 is 1.29 bits per heavy atom. The zero-order valence-corrected chi connectivity index (χ0v) is 13.5. The summed E-state index contributed by atoms with van der Waals surface area (Å²) in [5.74, 6) is 6.41. The number of hydrogen-bond donors (Lipinski definition) is 2. The summed E-state index contributed by atoms with van der Waals surface area (Å²) >= 11 is 1.89. The van der Waals surface area contributed by atoms with E-state index in [9.17, 15) is 0 Å². The topological polar surface area (TPSA) is 38.0 Å². The third kappa shape index (κ3) is 3.05. The maximum absolute atomic E-state index is 5.91. The van der Waals surface area contributed by atoms with Gasteiger partial charge in [-0.15, -0.1) is 11.3 Å². The molecule has 1 aromatic carbocycles. The van der Waals surface area contributed by atoms with Crippen molar-refractivity contribution in [2.75, 3.05) is 0 Å². The second-order valence-electron chi connectivity index (χ2n) is 5.93. The van der Waals surface area contributed by atoms with Gasteiger partial charge in [-0.2, -0.15) is 0 Å². The van der Waals surface area contributed by atoms with E-state index in [1.54, 1.807) is 4.88 Å². The highest BCUT2D eigenvalue weighted by atomic mass is 32.1. The Kier molecular flexibility index (Phi) is 4.73. The Balaban J connectivity index is 1.86. The van der Waals surface area contributed by atoms with Gasteiger partial charge in [0.1, 0.15) is 0 Å². The molecule has 2 nitrogen and oxygen atoms in total. The minimum absolute atomic E-state index is 0.217. The summed E-state index contributed by atoms with van der Waals surface area (Å²) < 4.78 is 0. The second-order valence-corrected chi connectivity index (χ2v) is 6.93. The van der Waals surface area contributed by atoms with Crippen molar-refractivity contribution in [3.63, 3.8) is 0 Å². The Morgan fingerprint density at radius 3 is 2.81 bits per heavy atom. The second kappa shape index (κ2) is 6.73. The Morgan fingerprint density at radius 2 is 2.10 bits per heavy atom. The molecule has 2 aromatic rings. The molecule has 3 N–H and O–H groups in total. The number of hydrogen-bond acceptors (Lipinski definition) is 3. The first-order valence-electron chi connectivity index (χ1n) is 7.94. The van der Waals surface area contributed by atoms with Gasteiger partial charge < -0.3 is 0 Å². The van der Waals surface area contributed by atoms with Crippen LogP contribution in [0.15, 0.2) is 35.7 Å². The van der Waals surface area contributed by atoms with Crippen molar-refractivity contribution in [2.24, 2.45) is 5.84 Å². The standard InChI is InChI=1S/C18H24N2S/c1-2-4-13-7-9-14(10-8-13)18(20-19)16-5-3-6-17-15(16)11-12-21-17/h7-12,16,18,20H,2-6,19H2,1H3. The van der Waals surface area contributed by atoms with Gasteiger partial charge >= 0.3 is 0 Å². The van der Waals surface area contributed by atoms with Crippen LogP contribution in [-0.2, 0) is 12.8 Å². The smallest absolute Gasteiger partial charge is 0.0528 e. The van der Waals surface area contributed by atoms with E-state index in [4.69, 9.17) is 5.84 Å². The zero-order valence-electron chi connectivity index (χ0n) is 12.6. The van der Waals surface area contributed by atoms with Crippen molar-refractivity contribution >= 4 is 11.3 Å². The molecule has 0 saturated carbocycles. The third-order valence-corrected chi connectivity index (χ3v) is 5.55. The summed E-state index contributed by atoms with van der Waals surface area (Å²) in [6.07, 6.45) is 6.06. The number of thiophene rings is 1. The van der Waals surface area contributed by atoms with Crippen molar-refractivity contribution in [2.45, 2.75) is 51.0 Å². The molecule has 3 rings (SSSR count). The molecule has 2 unspecified atom stereocenters.